The number of hydrogen-bond acceptors (Lipinski definition) is 5. The Morgan fingerprint density at radius 2 is 2.30 bits per heavy atom. The second kappa shape index (κ2) is 6.20. The van der Waals surface area contributed by atoms with Crippen LogP contribution in [-0.4, -0.2) is 35.9 Å². The zero-order valence-electron chi connectivity index (χ0n) is 13.7. The van der Waals surface area contributed by atoms with Crippen LogP contribution >= 0.6 is 11.3 Å². The number of nitrogens with zero attached hydrogens (tertiary/aromatic N) is 2. The second-order valence-corrected chi connectivity index (χ2v) is 7.47. The van der Waals surface area contributed by atoms with Gasteiger partial charge in [0.2, 0.25) is 5.91 Å². The summed E-state index contributed by atoms with van der Waals surface area (Å²) in [6.45, 7) is 2.19. The second-order valence-electron chi connectivity index (χ2n) is 6.41. The number of thiazole rings is 1. The molecule has 1 fully saturated rings. The van der Waals surface area contributed by atoms with Crippen LogP contribution in [0.3, 0.4) is 0 Å². The molecule has 3 N–H and O–H groups in total. The number of nitrogens with two attached hydrogens (primary N) is 1. The number of nitrogen functional groups attached to an aromatic ring is 1. The van der Waals surface area contributed by atoms with Gasteiger partial charge < -0.3 is 16.0 Å². The molecule has 0 bridgehead atoms. The first kappa shape index (κ1) is 15.8. The summed E-state index contributed by atoms with van der Waals surface area (Å²) < 4.78 is 1.11. The van der Waals surface area contributed by atoms with Gasteiger partial charge in [-0.05, 0) is 36.5 Å². The van der Waals surface area contributed by atoms with E-state index in [1.807, 2.05) is 25.2 Å². The minimum absolute atomic E-state index is 0.0543. The first-order chi connectivity index (χ1) is 10.9. The van der Waals surface area contributed by atoms with Crippen molar-refractivity contribution in [1.82, 2.24) is 15.2 Å². The largest absolute Gasteiger partial charge is 0.383 e. The van der Waals surface area contributed by atoms with E-state index >= 15 is 0 Å². The van der Waals surface area contributed by atoms with E-state index in [9.17, 15) is 4.79 Å². The molecular formula is C17H22N4OS. The van der Waals surface area contributed by atoms with E-state index in [-0.39, 0.29) is 11.9 Å². The summed E-state index contributed by atoms with van der Waals surface area (Å²) in [5, 5.41) is 3.69. The lowest BCUT2D eigenvalue weighted by molar-refractivity contribution is -0.116. The van der Waals surface area contributed by atoms with Gasteiger partial charge in [0.05, 0.1) is 10.2 Å². The van der Waals surface area contributed by atoms with Crippen LogP contribution in [0, 0.1) is 0 Å². The van der Waals surface area contributed by atoms with E-state index in [0.29, 0.717) is 11.0 Å². The smallest absolute Gasteiger partial charge is 0.248 e. The van der Waals surface area contributed by atoms with Crippen molar-refractivity contribution in [2.75, 3.05) is 19.8 Å². The summed E-state index contributed by atoms with van der Waals surface area (Å²) in [4.78, 5) is 18.3. The van der Waals surface area contributed by atoms with Crippen molar-refractivity contribution in [2.45, 2.75) is 31.7 Å². The van der Waals surface area contributed by atoms with Crippen LogP contribution in [0.5, 0.6) is 0 Å². The average molecular weight is 330 g/mol. The summed E-state index contributed by atoms with van der Waals surface area (Å²) in [6.07, 6.45) is 3.61. The molecule has 122 valence electrons. The number of carbonyl (C=O) groups is 1. The lowest BCUT2D eigenvalue weighted by atomic mass is 9.92. The highest BCUT2D eigenvalue weighted by molar-refractivity contribution is 7.22. The SMILES string of the molecule is CC(CC1C/C(=C/N(C)C)C(=O)N1)c1ccc2sc(N)nc2c1. The van der Waals surface area contributed by atoms with E-state index in [1.54, 1.807) is 0 Å². The minimum atomic E-state index is 0.0543. The van der Waals surface area contributed by atoms with Gasteiger partial charge in [-0.15, -0.1) is 0 Å². The van der Waals surface area contributed by atoms with Gasteiger partial charge in [-0.25, -0.2) is 4.98 Å². The maximum atomic E-state index is 12.0. The van der Waals surface area contributed by atoms with Crippen LogP contribution in [0.2, 0.25) is 0 Å². The Morgan fingerprint density at radius 1 is 1.52 bits per heavy atom. The maximum absolute atomic E-state index is 12.0. The number of rotatable bonds is 4. The fraction of sp³-hybridized carbons (Fsp3) is 0.412. The first-order valence-electron chi connectivity index (χ1n) is 7.76. The van der Waals surface area contributed by atoms with Gasteiger partial charge in [-0.1, -0.05) is 24.3 Å². The molecule has 0 spiro atoms. The van der Waals surface area contributed by atoms with Crippen molar-refractivity contribution in [3.8, 4) is 0 Å². The predicted octanol–water partition coefficient (Wildman–Crippen LogP) is 2.71. The van der Waals surface area contributed by atoms with Crippen molar-refractivity contribution in [3.63, 3.8) is 0 Å². The molecule has 0 radical (unpaired) electrons. The summed E-state index contributed by atoms with van der Waals surface area (Å²) in [6, 6.07) is 6.53. The van der Waals surface area contributed by atoms with Crippen LogP contribution in [0.1, 0.15) is 31.2 Å². The fourth-order valence-electron chi connectivity index (χ4n) is 3.08. The number of anilines is 1. The van der Waals surface area contributed by atoms with Crippen LogP contribution in [-0.2, 0) is 4.79 Å². The molecule has 0 saturated carbocycles. The Morgan fingerprint density at radius 3 is 3.04 bits per heavy atom. The van der Waals surface area contributed by atoms with E-state index in [0.717, 1.165) is 28.6 Å². The fourth-order valence-corrected chi connectivity index (χ4v) is 3.80. The van der Waals surface area contributed by atoms with Crippen LogP contribution in [0.25, 0.3) is 10.2 Å². The average Bonchev–Trinajstić information content (AvgIpc) is 2.99. The summed E-state index contributed by atoms with van der Waals surface area (Å²) in [7, 11) is 3.87. The summed E-state index contributed by atoms with van der Waals surface area (Å²) >= 11 is 1.51. The van der Waals surface area contributed by atoms with Crippen molar-refractivity contribution in [1.29, 1.82) is 0 Å². The van der Waals surface area contributed by atoms with E-state index in [2.05, 4.69) is 35.4 Å². The molecule has 6 heteroatoms. The number of benzene rings is 1. The van der Waals surface area contributed by atoms with Crippen LogP contribution in [0.15, 0.2) is 30.0 Å². The monoisotopic (exact) mass is 330 g/mol. The quantitative estimate of drug-likeness (QED) is 0.846. The van der Waals surface area contributed by atoms with Gasteiger partial charge in [-0.3, -0.25) is 4.79 Å². The highest BCUT2D eigenvalue weighted by Crippen LogP contribution is 2.30. The van der Waals surface area contributed by atoms with Gasteiger partial charge in [0.25, 0.3) is 0 Å². The third-order valence-corrected chi connectivity index (χ3v) is 5.01. The number of fused-ring (bicyclic) bond motifs is 1. The molecule has 3 rings (SSSR count). The maximum Gasteiger partial charge on any atom is 0.248 e. The molecule has 2 aromatic rings. The Kier molecular flexibility index (Phi) is 4.26. The highest BCUT2D eigenvalue weighted by Gasteiger charge is 2.28. The molecule has 0 aliphatic carbocycles. The van der Waals surface area contributed by atoms with Gasteiger partial charge >= 0.3 is 0 Å². The normalized spacial score (nSPS) is 20.9. The van der Waals surface area contributed by atoms with Crippen LogP contribution in [0.4, 0.5) is 5.13 Å². The predicted molar refractivity (Wildman–Crippen MR) is 95.4 cm³/mol. The molecule has 1 aromatic heterocycles. The Labute approximate surface area is 140 Å². The van der Waals surface area contributed by atoms with Crippen molar-refractivity contribution in [2.24, 2.45) is 0 Å². The number of nitrogens with one attached hydrogen (secondary N) is 1. The molecule has 5 nitrogen and oxygen atoms in total. The van der Waals surface area contributed by atoms with E-state index in [4.69, 9.17) is 5.73 Å². The number of hydrogen-bond donors (Lipinski definition) is 2. The minimum Gasteiger partial charge on any atom is -0.383 e. The highest BCUT2D eigenvalue weighted by atomic mass is 32.1. The topological polar surface area (TPSA) is 71.2 Å². The molecule has 1 amide bonds. The molecule has 2 atom stereocenters. The first-order valence-corrected chi connectivity index (χ1v) is 8.58. The molecule has 1 saturated heterocycles. The molecule has 1 aliphatic rings. The van der Waals surface area contributed by atoms with Crippen LogP contribution < -0.4 is 11.1 Å². The van der Waals surface area contributed by atoms with E-state index < -0.39 is 0 Å². The lowest BCUT2D eigenvalue weighted by Gasteiger charge is -2.16. The third-order valence-electron chi connectivity index (χ3n) is 4.14. The van der Waals surface area contributed by atoms with Gasteiger partial charge in [0.15, 0.2) is 5.13 Å². The number of amides is 1. The van der Waals surface area contributed by atoms with Crippen molar-refractivity contribution >= 4 is 32.6 Å². The van der Waals surface area contributed by atoms with Crippen molar-refractivity contribution in [3.05, 3.63) is 35.5 Å². The Balaban J connectivity index is 1.71. The molecule has 1 aromatic carbocycles. The number of aromatic nitrogens is 1. The molecule has 23 heavy (non-hydrogen) atoms. The third kappa shape index (κ3) is 3.47. The molecule has 2 unspecified atom stereocenters. The number of carbonyl (C=O) groups excluding carboxylic acids is 1. The molecule has 1 aliphatic heterocycles. The van der Waals surface area contributed by atoms with Gasteiger partial charge in [0.1, 0.15) is 0 Å². The van der Waals surface area contributed by atoms with Gasteiger partial charge in [0, 0.05) is 31.9 Å². The Bertz CT molecular complexity index is 765. The Hall–Kier alpha value is -2.08. The summed E-state index contributed by atoms with van der Waals surface area (Å²) in [5.41, 5.74) is 8.82. The molecular weight excluding hydrogens is 308 g/mol. The standard InChI is InChI=1S/C17H22N4OS/c1-10(6-13-7-12(9-21(2)3)16(22)19-13)11-4-5-15-14(8-11)20-17(18)23-15/h4-5,8-10,13H,6-7H2,1-3H3,(H2,18,20)(H,19,22)/b12-9-. The summed E-state index contributed by atoms with van der Waals surface area (Å²) in [5.74, 6) is 0.407. The van der Waals surface area contributed by atoms with E-state index in [1.165, 1.54) is 16.9 Å². The zero-order valence-corrected chi connectivity index (χ0v) is 14.5. The zero-order chi connectivity index (χ0) is 16.6. The van der Waals surface area contributed by atoms with Gasteiger partial charge in [-0.2, -0.15) is 0 Å². The van der Waals surface area contributed by atoms with Crippen molar-refractivity contribution < 1.29 is 4.79 Å². The lowest BCUT2D eigenvalue weighted by Crippen LogP contribution is -2.26. The molecule has 2 heterocycles.